The van der Waals surface area contributed by atoms with Gasteiger partial charge in [-0.3, -0.25) is 38.3 Å². The SMILES string of the molecule is CCC(CC(=O)NCCCCC(NC(=O)COCCOCCNC(=O)CCC(C=O)NC(=O)CCC(NC(=O)COCCOCCNC(=O)CCCS(=O)NC(=O)CC(C)(C)CC(C)(C)Cc1nn[nH]n1)C(=O)O)C(=O)O)NO. The van der Waals surface area contributed by atoms with Crippen molar-refractivity contribution in [3.8, 4) is 0 Å². The van der Waals surface area contributed by atoms with E-state index in [1.165, 1.54) is 0 Å². The third kappa shape index (κ3) is 37.4. The first-order valence-electron chi connectivity index (χ1n) is 26.2. The number of carboxylic acid groups (broad SMARTS) is 2. The fourth-order valence-electron chi connectivity index (χ4n) is 7.87. The monoisotopic (exact) mass is 1150 g/mol. The van der Waals surface area contributed by atoms with Crippen LogP contribution in [0.25, 0.3) is 0 Å². The lowest BCUT2D eigenvalue weighted by Gasteiger charge is -2.33. The van der Waals surface area contributed by atoms with Crippen molar-refractivity contribution in [2.75, 3.05) is 78.2 Å². The number of aldehydes is 1. The number of amides is 7. The summed E-state index contributed by atoms with van der Waals surface area (Å²) in [6.07, 6.45) is 2.99. The zero-order valence-corrected chi connectivity index (χ0v) is 46.8. The Labute approximate surface area is 462 Å². The van der Waals surface area contributed by atoms with Crippen LogP contribution in [0.3, 0.4) is 0 Å². The summed E-state index contributed by atoms with van der Waals surface area (Å²) < 4.78 is 36.1. The highest BCUT2D eigenvalue weighted by Gasteiger charge is 2.32. The highest BCUT2D eigenvalue weighted by atomic mass is 32.2. The lowest BCUT2D eigenvalue weighted by molar-refractivity contribution is -0.143. The molecule has 5 atom stereocenters. The maximum absolute atomic E-state index is 12.6. The molecule has 0 aliphatic carbocycles. The highest BCUT2D eigenvalue weighted by Crippen LogP contribution is 2.38. The van der Waals surface area contributed by atoms with Gasteiger partial charge in [-0.2, -0.15) is 5.21 Å². The van der Waals surface area contributed by atoms with Crippen molar-refractivity contribution in [1.29, 1.82) is 0 Å². The fraction of sp³-hybridized carbons (Fsp3) is 0.771. The number of H-pyrrole nitrogens is 1. The first-order valence-corrected chi connectivity index (χ1v) is 27.5. The minimum Gasteiger partial charge on any atom is -0.480 e. The van der Waals surface area contributed by atoms with Crippen molar-refractivity contribution in [3.05, 3.63) is 5.82 Å². The lowest BCUT2D eigenvalue weighted by Crippen LogP contribution is -2.44. The van der Waals surface area contributed by atoms with Crippen LogP contribution in [0.1, 0.15) is 124 Å². The number of nitrogens with zero attached hydrogens (tertiary/aromatic N) is 3. The summed E-state index contributed by atoms with van der Waals surface area (Å²) in [4.78, 5) is 121. The molecule has 0 aromatic carbocycles. The third-order valence-corrected chi connectivity index (χ3v) is 12.5. The lowest BCUT2D eigenvalue weighted by atomic mass is 9.71. The number of ether oxygens (including phenoxy) is 4. The number of hydrogen-bond donors (Lipinski definition) is 12. The summed E-state index contributed by atoms with van der Waals surface area (Å²) in [5.74, 6) is -5.40. The molecule has 0 radical (unpaired) electrons. The molecule has 79 heavy (non-hydrogen) atoms. The third-order valence-electron chi connectivity index (χ3n) is 11.4. The maximum atomic E-state index is 12.6. The minimum atomic E-state index is -1.65. The summed E-state index contributed by atoms with van der Waals surface area (Å²) in [7, 11) is -1.65. The van der Waals surface area contributed by atoms with Crippen molar-refractivity contribution >= 4 is 70.6 Å². The predicted octanol–water partition coefficient (Wildman–Crippen LogP) is -1.75. The van der Waals surface area contributed by atoms with Gasteiger partial charge >= 0.3 is 11.9 Å². The van der Waals surface area contributed by atoms with E-state index in [9.17, 15) is 62.4 Å². The van der Waals surface area contributed by atoms with Gasteiger partial charge < -0.3 is 71.1 Å². The molecule has 12 N–H and O–H groups in total. The highest BCUT2D eigenvalue weighted by molar-refractivity contribution is 7.83. The van der Waals surface area contributed by atoms with Crippen molar-refractivity contribution in [2.24, 2.45) is 10.8 Å². The zero-order valence-electron chi connectivity index (χ0n) is 46.0. The van der Waals surface area contributed by atoms with Gasteiger partial charge in [0, 0.05) is 70.0 Å². The van der Waals surface area contributed by atoms with E-state index in [0.717, 1.165) is 0 Å². The Balaban J connectivity index is 2.15. The molecule has 0 aliphatic heterocycles. The standard InChI is InChI=1S/C48H84N12O18S/c1-6-33(57-73)26-41(65)49-16-8-7-10-35(45(69)70)53-43(67)30-77-23-22-76-20-18-51-39(63)14-12-34(29-61)52-40(64)15-13-36(46(71)72)54-44(68)31-78-24-21-75-19-17-50-38(62)11-9-25-79(74)58-42(66)28-48(4,5)32-47(2,3)27-37-55-59-60-56-37/h29,33-36,57,73H,6-28,30-32H2,1-5H3,(H,49,65)(H,50,62)(H,51,63)(H,52,64)(H,53,67)(H,54,68)(H,58,66)(H,69,70)(H,71,72)(H,55,56,59,60). The van der Waals surface area contributed by atoms with E-state index in [1.807, 2.05) is 34.6 Å². The minimum absolute atomic E-state index is 0.00399. The van der Waals surface area contributed by atoms with Crippen LogP contribution in [0.5, 0.6) is 0 Å². The molecule has 1 rings (SSSR count). The number of carbonyl (C=O) groups excluding carboxylic acids is 8. The van der Waals surface area contributed by atoms with Gasteiger partial charge in [0.05, 0.1) is 45.7 Å². The van der Waals surface area contributed by atoms with Gasteiger partial charge in [-0.15, -0.1) is 10.2 Å². The molecule has 1 heterocycles. The molecule has 0 bridgehead atoms. The number of carbonyl (C=O) groups is 10. The predicted molar refractivity (Wildman–Crippen MR) is 280 cm³/mol. The summed E-state index contributed by atoms with van der Waals surface area (Å²) in [6.45, 7) is 9.74. The van der Waals surface area contributed by atoms with Crippen molar-refractivity contribution < 1.29 is 86.5 Å². The van der Waals surface area contributed by atoms with Crippen LogP contribution in [0.4, 0.5) is 0 Å². The largest absolute Gasteiger partial charge is 0.480 e. The normalized spacial score (nSPS) is 13.4. The van der Waals surface area contributed by atoms with Crippen LogP contribution >= 0.6 is 0 Å². The first kappa shape index (κ1) is 70.9. The number of aromatic amines is 1. The van der Waals surface area contributed by atoms with Gasteiger partial charge in [0.25, 0.3) is 0 Å². The summed E-state index contributed by atoms with van der Waals surface area (Å²) in [5, 5.41) is 57.0. The van der Waals surface area contributed by atoms with E-state index in [2.05, 4.69) is 62.7 Å². The van der Waals surface area contributed by atoms with Crippen LogP contribution < -0.4 is 42.1 Å². The number of aliphatic carboxylic acids is 2. The number of carboxylic acids is 2. The first-order chi connectivity index (χ1) is 37.5. The van der Waals surface area contributed by atoms with Gasteiger partial charge in [-0.25, -0.2) is 19.3 Å². The van der Waals surface area contributed by atoms with Crippen molar-refractivity contribution in [1.82, 2.24) is 62.7 Å². The van der Waals surface area contributed by atoms with E-state index >= 15 is 0 Å². The van der Waals surface area contributed by atoms with E-state index < -0.39 is 83.3 Å². The molecule has 1 aromatic heterocycles. The molecule has 30 nitrogen and oxygen atoms in total. The number of hydrogen-bond acceptors (Lipinski definition) is 20. The van der Waals surface area contributed by atoms with Crippen LogP contribution in [-0.4, -0.2) is 202 Å². The number of aromatic nitrogens is 4. The topological polar surface area (TPSA) is 436 Å². The van der Waals surface area contributed by atoms with Crippen LogP contribution in [0.15, 0.2) is 0 Å². The molecule has 0 spiro atoms. The Hall–Kier alpha value is -6.12. The van der Waals surface area contributed by atoms with E-state index in [0.29, 0.717) is 50.8 Å². The average Bonchev–Trinajstić information content (AvgIpc) is 3.88. The van der Waals surface area contributed by atoms with Gasteiger partial charge in [-0.1, -0.05) is 39.8 Å². The average molecular weight is 1150 g/mol. The molecule has 0 fully saturated rings. The molecule has 5 unspecified atom stereocenters. The molecular formula is C48H84N12O18S. The van der Waals surface area contributed by atoms with Gasteiger partial charge in [0.15, 0.2) is 5.82 Å². The molecule has 0 saturated carbocycles. The van der Waals surface area contributed by atoms with Gasteiger partial charge in [0.1, 0.15) is 42.6 Å². The second-order valence-electron chi connectivity index (χ2n) is 20.0. The number of hydroxylamine groups is 1. The Bertz CT molecular complexity index is 2050. The van der Waals surface area contributed by atoms with E-state index in [-0.39, 0.29) is 145 Å². The molecule has 450 valence electrons. The van der Waals surface area contributed by atoms with Crippen molar-refractivity contribution in [3.63, 3.8) is 0 Å². The molecule has 7 amide bonds. The molecule has 0 aliphatic rings. The summed E-state index contributed by atoms with van der Waals surface area (Å²) in [6, 6.07) is -4.01. The molecule has 1 aromatic rings. The summed E-state index contributed by atoms with van der Waals surface area (Å²) in [5.41, 5.74) is 1.44. The fourth-order valence-corrected chi connectivity index (χ4v) is 8.71. The van der Waals surface area contributed by atoms with E-state index in [1.54, 1.807) is 0 Å². The second-order valence-corrected chi connectivity index (χ2v) is 21.3. The smallest absolute Gasteiger partial charge is 0.326 e. The summed E-state index contributed by atoms with van der Waals surface area (Å²) >= 11 is 0. The molecule has 0 saturated heterocycles. The van der Waals surface area contributed by atoms with Gasteiger partial charge in [-0.05, 0) is 62.2 Å². The Kier molecular flexibility index (Phi) is 36.8. The number of rotatable bonds is 48. The quantitative estimate of drug-likeness (QED) is 0.0196. The zero-order chi connectivity index (χ0) is 59.1. The van der Waals surface area contributed by atoms with Gasteiger partial charge in [0.2, 0.25) is 41.4 Å². The number of unbranched alkanes of at least 4 members (excludes halogenated alkanes) is 1. The van der Waals surface area contributed by atoms with Crippen LogP contribution in [-0.2, 0) is 84.3 Å². The van der Waals surface area contributed by atoms with E-state index in [4.69, 9.17) is 24.2 Å². The van der Waals surface area contributed by atoms with Crippen molar-refractivity contribution in [2.45, 2.75) is 149 Å². The Morgan fingerprint density at radius 1 is 0.646 bits per heavy atom. The Morgan fingerprint density at radius 3 is 1.75 bits per heavy atom. The molecule has 31 heteroatoms. The molecular weight excluding hydrogens is 1060 g/mol. The van der Waals surface area contributed by atoms with Crippen LogP contribution in [0.2, 0.25) is 0 Å². The number of nitrogens with one attached hydrogen (secondary N) is 9. The number of tetrazole rings is 1. The maximum Gasteiger partial charge on any atom is 0.326 e. The Morgan fingerprint density at radius 2 is 1.20 bits per heavy atom. The second kappa shape index (κ2) is 41.0. The van der Waals surface area contributed by atoms with Crippen LogP contribution in [0, 0.1) is 10.8 Å².